The molecule has 39 heavy (non-hydrogen) atoms. The van der Waals surface area contributed by atoms with Crippen LogP contribution in [0, 0.1) is 19.7 Å². The molecule has 0 radical (unpaired) electrons. The molecule has 1 saturated heterocycles. The second-order valence-electron chi connectivity index (χ2n) is 10.1. The molecule has 0 bridgehead atoms. The summed E-state index contributed by atoms with van der Waals surface area (Å²) >= 11 is 0. The zero-order chi connectivity index (χ0) is 26.9. The molecule has 0 aliphatic carbocycles. The van der Waals surface area contributed by atoms with Crippen LogP contribution in [0.3, 0.4) is 0 Å². The molecule has 0 spiro atoms. The molecule has 6 rings (SSSR count). The number of para-hydroxylation sites is 1. The Morgan fingerprint density at radius 2 is 1.69 bits per heavy atom. The lowest BCUT2D eigenvalue weighted by molar-refractivity contribution is 0.200. The highest BCUT2D eigenvalue weighted by Crippen LogP contribution is 2.30. The molecule has 0 unspecified atom stereocenters. The van der Waals surface area contributed by atoms with Gasteiger partial charge < -0.3 is 9.88 Å². The Kier molecular flexibility index (Phi) is 6.66. The predicted molar refractivity (Wildman–Crippen MR) is 149 cm³/mol. The summed E-state index contributed by atoms with van der Waals surface area (Å²) in [5.74, 6) is 0.291. The molecule has 8 nitrogen and oxygen atoms in total. The van der Waals surface area contributed by atoms with E-state index >= 15 is 0 Å². The molecular formula is C30H30FN7O. The van der Waals surface area contributed by atoms with Gasteiger partial charge in [-0.3, -0.25) is 9.69 Å². The summed E-state index contributed by atoms with van der Waals surface area (Å²) in [7, 11) is 0. The number of nitrogens with one attached hydrogen (secondary N) is 1. The molecular weight excluding hydrogens is 493 g/mol. The van der Waals surface area contributed by atoms with E-state index in [0.29, 0.717) is 17.9 Å². The number of hydrogen-bond acceptors (Lipinski definition) is 6. The van der Waals surface area contributed by atoms with Crippen LogP contribution in [0.4, 0.5) is 10.1 Å². The standard InChI is InChI=1S/C30H30FN7O/c1-20-8-11-23-18-26(30(39)32-27(23)21(20)2)28(37-16-14-36(15-17-37)25-6-4-3-5-7-25)29-33-34-35-38(29)19-22-9-12-24(31)13-10-22/h3-13,18,28H,14-17,19H2,1-2H3,(H,32,39)/t28-/m1/s1. The first-order chi connectivity index (χ1) is 19.0. The summed E-state index contributed by atoms with van der Waals surface area (Å²) in [5, 5.41) is 13.7. The maximum atomic E-state index is 13.7. The van der Waals surface area contributed by atoms with Crippen LogP contribution in [-0.4, -0.2) is 56.3 Å². The van der Waals surface area contributed by atoms with E-state index in [1.807, 2.05) is 44.2 Å². The zero-order valence-corrected chi connectivity index (χ0v) is 22.0. The third-order valence-electron chi connectivity index (χ3n) is 7.72. The Labute approximate surface area is 225 Å². The highest BCUT2D eigenvalue weighted by molar-refractivity contribution is 5.83. The first-order valence-electron chi connectivity index (χ1n) is 13.2. The number of piperazine rings is 1. The maximum absolute atomic E-state index is 13.7. The lowest BCUT2D eigenvalue weighted by Gasteiger charge is -2.39. The summed E-state index contributed by atoms with van der Waals surface area (Å²) in [6.45, 7) is 7.51. The van der Waals surface area contributed by atoms with Crippen molar-refractivity contribution < 1.29 is 4.39 Å². The highest BCUT2D eigenvalue weighted by atomic mass is 19.1. The SMILES string of the molecule is Cc1ccc2cc([C@H](c3nnnn3Cc3ccc(F)cc3)N3CCN(c4ccccc4)CC3)c(=O)[nH]c2c1C. The molecule has 1 fully saturated rings. The van der Waals surface area contributed by atoms with Crippen LogP contribution in [-0.2, 0) is 6.54 Å². The van der Waals surface area contributed by atoms with Crippen molar-refractivity contribution in [2.24, 2.45) is 0 Å². The summed E-state index contributed by atoms with van der Waals surface area (Å²) in [6.07, 6.45) is 0. The number of hydrogen-bond donors (Lipinski definition) is 1. The molecule has 3 heterocycles. The fourth-order valence-electron chi connectivity index (χ4n) is 5.40. The van der Waals surface area contributed by atoms with Gasteiger partial charge in [-0.15, -0.1) is 5.10 Å². The van der Waals surface area contributed by atoms with Gasteiger partial charge in [0.25, 0.3) is 5.56 Å². The number of anilines is 1. The smallest absolute Gasteiger partial charge is 0.253 e. The monoisotopic (exact) mass is 523 g/mol. The van der Waals surface area contributed by atoms with Gasteiger partial charge in [0.15, 0.2) is 5.82 Å². The number of H-pyrrole nitrogens is 1. The first-order valence-corrected chi connectivity index (χ1v) is 13.2. The Bertz CT molecular complexity index is 1660. The third-order valence-corrected chi connectivity index (χ3v) is 7.72. The Balaban J connectivity index is 1.40. The van der Waals surface area contributed by atoms with Crippen molar-refractivity contribution in [1.29, 1.82) is 0 Å². The van der Waals surface area contributed by atoms with Gasteiger partial charge in [-0.25, -0.2) is 9.07 Å². The average Bonchev–Trinajstić information content (AvgIpc) is 3.41. The molecule has 5 aromatic rings. The number of aromatic nitrogens is 5. The number of tetrazole rings is 1. The van der Waals surface area contributed by atoms with Crippen molar-refractivity contribution in [3.8, 4) is 0 Å². The van der Waals surface area contributed by atoms with E-state index in [0.717, 1.165) is 53.8 Å². The van der Waals surface area contributed by atoms with E-state index in [1.54, 1.807) is 16.8 Å². The van der Waals surface area contributed by atoms with Crippen LogP contribution in [0.1, 0.15) is 34.1 Å². The summed E-state index contributed by atoms with van der Waals surface area (Å²) < 4.78 is 15.2. The molecule has 0 saturated carbocycles. The maximum Gasteiger partial charge on any atom is 0.253 e. The quantitative estimate of drug-likeness (QED) is 0.359. The average molecular weight is 524 g/mol. The number of fused-ring (bicyclic) bond motifs is 1. The lowest BCUT2D eigenvalue weighted by atomic mass is 9.99. The third kappa shape index (κ3) is 4.93. The molecule has 1 N–H and O–H groups in total. The van der Waals surface area contributed by atoms with Crippen LogP contribution in [0.15, 0.2) is 77.6 Å². The van der Waals surface area contributed by atoms with Crippen LogP contribution in [0.2, 0.25) is 0 Å². The van der Waals surface area contributed by atoms with Gasteiger partial charge in [-0.2, -0.15) is 0 Å². The van der Waals surface area contributed by atoms with Crippen LogP contribution in [0.25, 0.3) is 10.9 Å². The number of rotatable bonds is 6. The fourth-order valence-corrected chi connectivity index (χ4v) is 5.40. The van der Waals surface area contributed by atoms with E-state index in [2.05, 4.69) is 48.5 Å². The minimum Gasteiger partial charge on any atom is -0.369 e. The summed E-state index contributed by atoms with van der Waals surface area (Å²) in [4.78, 5) is 21.4. The number of benzene rings is 3. The highest BCUT2D eigenvalue weighted by Gasteiger charge is 2.33. The number of halogens is 1. The largest absolute Gasteiger partial charge is 0.369 e. The molecule has 2 aromatic heterocycles. The zero-order valence-electron chi connectivity index (χ0n) is 22.0. The van der Waals surface area contributed by atoms with Crippen LogP contribution >= 0.6 is 0 Å². The van der Waals surface area contributed by atoms with Crippen molar-refractivity contribution in [3.63, 3.8) is 0 Å². The second-order valence-corrected chi connectivity index (χ2v) is 10.1. The predicted octanol–water partition coefficient (Wildman–Crippen LogP) is 4.23. The minimum atomic E-state index is -0.451. The van der Waals surface area contributed by atoms with Crippen molar-refractivity contribution in [2.45, 2.75) is 26.4 Å². The molecule has 9 heteroatoms. The van der Waals surface area contributed by atoms with Gasteiger partial charge in [-0.1, -0.05) is 42.5 Å². The van der Waals surface area contributed by atoms with Crippen molar-refractivity contribution >= 4 is 16.6 Å². The van der Waals surface area contributed by atoms with E-state index in [-0.39, 0.29) is 11.4 Å². The molecule has 1 aliphatic rings. The first kappa shape index (κ1) is 24.9. The second kappa shape index (κ2) is 10.4. The summed E-state index contributed by atoms with van der Waals surface area (Å²) in [5.41, 5.74) is 5.55. The van der Waals surface area contributed by atoms with Gasteiger partial charge in [0.2, 0.25) is 0 Å². The Morgan fingerprint density at radius 3 is 2.44 bits per heavy atom. The number of nitrogens with zero attached hydrogens (tertiary/aromatic N) is 6. The Hall–Kier alpha value is -4.37. The van der Waals surface area contributed by atoms with Gasteiger partial charge >= 0.3 is 0 Å². The molecule has 3 aromatic carbocycles. The van der Waals surface area contributed by atoms with Gasteiger partial charge in [0.1, 0.15) is 11.9 Å². The normalized spacial score (nSPS) is 15.1. The number of aromatic amines is 1. The van der Waals surface area contributed by atoms with Gasteiger partial charge in [-0.05, 0) is 76.7 Å². The molecule has 198 valence electrons. The molecule has 1 aliphatic heterocycles. The van der Waals surface area contributed by atoms with E-state index < -0.39 is 6.04 Å². The van der Waals surface area contributed by atoms with Crippen molar-refractivity contribution in [1.82, 2.24) is 30.1 Å². The fraction of sp³-hybridized carbons (Fsp3) is 0.267. The number of pyridine rings is 1. The van der Waals surface area contributed by atoms with E-state index in [1.165, 1.54) is 17.8 Å². The van der Waals surface area contributed by atoms with Crippen molar-refractivity contribution in [3.05, 3.63) is 117 Å². The van der Waals surface area contributed by atoms with Gasteiger partial charge in [0, 0.05) is 37.4 Å². The summed E-state index contributed by atoms with van der Waals surface area (Å²) in [6, 6.07) is 22.3. The van der Waals surface area contributed by atoms with Crippen LogP contribution in [0.5, 0.6) is 0 Å². The molecule has 1 atom stereocenters. The van der Waals surface area contributed by atoms with Crippen LogP contribution < -0.4 is 10.5 Å². The minimum absolute atomic E-state index is 0.150. The van der Waals surface area contributed by atoms with Gasteiger partial charge in [0.05, 0.1) is 12.1 Å². The topological polar surface area (TPSA) is 82.9 Å². The molecule has 0 amide bonds. The number of aryl methyl sites for hydroxylation is 2. The van der Waals surface area contributed by atoms with E-state index in [9.17, 15) is 9.18 Å². The lowest BCUT2D eigenvalue weighted by Crippen LogP contribution is -2.49. The Morgan fingerprint density at radius 1 is 0.949 bits per heavy atom. The van der Waals surface area contributed by atoms with E-state index in [4.69, 9.17) is 0 Å². The van der Waals surface area contributed by atoms with Crippen molar-refractivity contribution in [2.75, 3.05) is 31.1 Å².